The smallest absolute Gasteiger partial charge is 0.137 e. The van der Waals surface area contributed by atoms with Gasteiger partial charge in [-0.1, -0.05) is 24.3 Å². The van der Waals surface area contributed by atoms with Crippen LogP contribution in [0.1, 0.15) is 5.56 Å². The van der Waals surface area contributed by atoms with Crippen molar-refractivity contribution in [2.75, 3.05) is 6.26 Å². The summed E-state index contributed by atoms with van der Waals surface area (Å²) in [6.07, 6.45) is 3.62. The van der Waals surface area contributed by atoms with Gasteiger partial charge in [0.15, 0.2) is 0 Å². The molecule has 0 amide bonds. The van der Waals surface area contributed by atoms with E-state index in [1.54, 1.807) is 6.21 Å². The van der Waals surface area contributed by atoms with Crippen molar-refractivity contribution in [1.29, 1.82) is 0 Å². The molecule has 0 aliphatic heterocycles. The highest BCUT2D eigenvalue weighted by Crippen LogP contribution is 2.29. The molecule has 0 aromatic heterocycles. The maximum absolute atomic E-state index is 9.95. The van der Waals surface area contributed by atoms with E-state index in [1.807, 2.05) is 54.8 Å². The number of aliphatic imine (C=N–C) groups is 1. The van der Waals surface area contributed by atoms with Crippen molar-refractivity contribution in [2.24, 2.45) is 4.99 Å². The number of hydrogen-bond donors (Lipinski definition) is 1. The minimum absolute atomic E-state index is 0.291. The molecule has 2 nitrogen and oxygen atoms in total. The average molecular weight is 243 g/mol. The second-order valence-corrected chi connectivity index (χ2v) is 4.34. The fraction of sp³-hybridized carbons (Fsp3) is 0.0714. The summed E-state index contributed by atoms with van der Waals surface area (Å²) in [5, 5.41) is 9.95. The molecular formula is C14H13NOS. The minimum atomic E-state index is 0.291. The highest BCUT2D eigenvalue weighted by Gasteiger charge is 2.03. The predicted octanol–water partition coefficient (Wildman–Crippen LogP) is 3.86. The summed E-state index contributed by atoms with van der Waals surface area (Å²) in [6.45, 7) is 0. The molecule has 0 aliphatic rings. The maximum atomic E-state index is 9.95. The van der Waals surface area contributed by atoms with Crippen LogP contribution >= 0.6 is 11.8 Å². The molecule has 3 heteroatoms. The zero-order valence-corrected chi connectivity index (χ0v) is 10.3. The monoisotopic (exact) mass is 243 g/mol. The third kappa shape index (κ3) is 2.88. The van der Waals surface area contributed by atoms with Gasteiger partial charge in [0.2, 0.25) is 0 Å². The van der Waals surface area contributed by atoms with E-state index in [2.05, 4.69) is 4.99 Å². The van der Waals surface area contributed by atoms with Crippen molar-refractivity contribution >= 4 is 23.7 Å². The number of aromatic hydroxyl groups is 1. The Labute approximate surface area is 105 Å². The van der Waals surface area contributed by atoms with E-state index < -0.39 is 0 Å². The number of benzene rings is 2. The average Bonchev–Trinajstić information content (AvgIpc) is 2.39. The molecule has 0 saturated carbocycles. The summed E-state index contributed by atoms with van der Waals surface area (Å²) in [5.41, 5.74) is 1.61. The maximum Gasteiger partial charge on any atom is 0.137 e. The molecule has 0 radical (unpaired) electrons. The third-order valence-corrected chi connectivity index (χ3v) is 3.13. The molecule has 86 valence electrons. The van der Waals surface area contributed by atoms with Crippen LogP contribution in [-0.2, 0) is 0 Å². The number of para-hydroxylation sites is 2. The molecule has 0 bridgehead atoms. The van der Waals surface area contributed by atoms with Crippen molar-refractivity contribution in [3.8, 4) is 5.75 Å². The normalized spacial score (nSPS) is 10.9. The zero-order valence-electron chi connectivity index (χ0n) is 9.50. The topological polar surface area (TPSA) is 32.6 Å². The molecule has 0 spiro atoms. The Balaban J connectivity index is 2.28. The van der Waals surface area contributed by atoms with Crippen molar-refractivity contribution in [3.05, 3.63) is 54.1 Å². The quantitative estimate of drug-likeness (QED) is 0.655. The largest absolute Gasteiger partial charge is 0.506 e. The summed E-state index contributed by atoms with van der Waals surface area (Å²) in [5.74, 6) is 0.291. The van der Waals surface area contributed by atoms with E-state index in [-0.39, 0.29) is 0 Å². The minimum Gasteiger partial charge on any atom is -0.506 e. The van der Waals surface area contributed by atoms with Crippen LogP contribution in [0.4, 0.5) is 5.69 Å². The highest BCUT2D eigenvalue weighted by molar-refractivity contribution is 7.98. The van der Waals surface area contributed by atoms with Crippen LogP contribution in [0, 0.1) is 0 Å². The van der Waals surface area contributed by atoms with Crippen LogP contribution in [0.3, 0.4) is 0 Å². The van der Waals surface area contributed by atoms with Gasteiger partial charge in [-0.05, 0) is 30.5 Å². The van der Waals surface area contributed by atoms with Gasteiger partial charge in [0.05, 0.1) is 5.69 Å². The number of rotatable bonds is 3. The molecule has 0 heterocycles. The Bertz CT molecular complexity index is 523. The molecule has 0 unspecified atom stereocenters. The first-order chi connectivity index (χ1) is 8.31. The summed E-state index contributed by atoms with van der Waals surface area (Å²) in [7, 11) is 0. The molecule has 0 aliphatic carbocycles. The molecule has 17 heavy (non-hydrogen) atoms. The van der Waals surface area contributed by atoms with E-state index >= 15 is 0 Å². The molecule has 2 aromatic carbocycles. The number of phenols is 1. The van der Waals surface area contributed by atoms with Crippen molar-refractivity contribution in [1.82, 2.24) is 0 Å². The van der Waals surface area contributed by atoms with E-state index in [1.165, 1.54) is 11.8 Å². The van der Waals surface area contributed by atoms with Crippen LogP contribution in [0.15, 0.2) is 58.4 Å². The molecule has 2 rings (SSSR count). The Morgan fingerprint density at radius 2 is 1.82 bits per heavy atom. The second kappa shape index (κ2) is 5.55. The molecule has 0 saturated heterocycles. The van der Waals surface area contributed by atoms with Crippen molar-refractivity contribution < 1.29 is 5.11 Å². The lowest BCUT2D eigenvalue weighted by molar-refractivity contribution is 0.461. The van der Waals surface area contributed by atoms with Gasteiger partial charge in [-0.25, -0.2) is 0 Å². The van der Waals surface area contributed by atoms with Crippen LogP contribution in [0.25, 0.3) is 0 Å². The Hall–Kier alpha value is -1.74. The fourth-order valence-corrected chi connectivity index (χ4v) is 1.99. The Morgan fingerprint density at radius 3 is 2.53 bits per heavy atom. The highest BCUT2D eigenvalue weighted by atomic mass is 32.2. The van der Waals surface area contributed by atoms with E-state index in [0.29, 0.717) is 5.75 Å². The number of thioether (sulfide) groups is 1. The standard InChI is InChI=1S/C14H13NOS/c1-17-13-9-5-6-11(14(13)16)10-15-12-7-3-2-4-8-12/h2-10,16H,1H3. The SMILES string of the molecule is CSc1cccc(C=Nc2ccccc2)c1O. The first-order valence-electron chi connectivity index (χ1n) is 5.26. The first-order valence-corrected chi connectivity index (χ1v) is 6.49. The van der Waals surface area contributed by atoms with Crippen LogP contribution < -0.4 is 0 Å². The van der Waals surface area contributed by atoms with Crippen molar-refractivity contribution in [2.45, 2.75) is 4.90 Å². The van der Waals surface area contributed by atoms with E-state index in [9.17, 15) is 5.11 Å². The lowest BCUT2D eigenvalue weighted by atomic mass is 10.2. The van der Waals surface area contributed by atoms with Crippen LogP contribution in [0.5, 0.6) is 5.75 Å². The van der Waals surface area contributed by atoms with Gasteiger partial charge in [-0.15, -0.1) is 11.8 Å². The van der Waals surface area contributed by atoms with E-state index in [4.69, 9.17) is 0 Å². The summed E-state index contributed by atoms with van der Waals surface area (Å²) in [4.78, 5) is 5.18. The van der Waals surface area contributed by atoms with Crippen LogP contribution in [-0.4, -0.2) is 17.6 Å². The van der Waals surface area contributed by atoms with Gasteiger partial charge in [0.1, 0.15) is 5.75 Å². The summed E-state index contributed by atoms with van der Waals surface area (Å²) >= 11 is 1.52. The zero-order chi connectivity index (χ0) is 12.1. The Morgan fingerprint density at radius 1 is 1.06 bits per heavy atom. The predicted molar refractivity (Wildman–Crippen MR) is 73.6 cm³/mol. The van der Waals surface area contributed by atoms with Gasteiger partial charge in [-0.2, -0.15) is 0 Å². The number of hydrogen-bond acceptors (Lipinski definition) is 3. The first kappa shape index (κ1) is 11.7. The lowest BCUT2D eigenvalue weighted by Gasteiger charge is -2.03. The van der Waals surface area contributed by atoms with E-state index in [0.717, 1.165) is 16.1 Å². The number of phenolic OH excluding ortho intramolecular Hbond substituents is 1. The Kier molecular flexibility index (Phi) is 3.83. The second-order valence-electron chi connectivity index (χ2n) is 3.49. The lowest BCUT2D eigenvalue weighted by Crippen LogP contribution is -1.84. The van der Waals surface area contributed by atoms with Gasteiger partial charge >= 0.3 is 0 Å². The molecule has 1 N–H and O–H groups in total. The molecule has 0 atom stereocenters. The van der Waals surface area contributed by atoms with Crippen molar-refractivity contribution in [3.63, 3.8) is 0 Å². The third-order valence-electron chi connectivity index (χ3n) is 2.36. The van der Waals surface area contributed by atoms with Gasteiger partial charge in [0, 0.05) is 16.7 Å². The van der Waals surface area contributed by atoms with Gasteiger partial charge in [0.25, 0.3) is 0 Å². The van der Waals surface area contributed by atoms with Gasteiger partial charge < -0.3 is 5.11 Å². The summed E-state index contributed by atoms with van der Waals surface area (Å²) < 4.78 is 0. The molecule has 2 aromatic rings. The molecule has 0 fully saturated rings. The van der Waals surface area contributed by atoms with Gasteiger partial charge in [-0.3, -0.25) is 4.99 Å². The number of nitrogens with zero attached hydrogens (tertiary/aromatic N) is 1. The summed E-state index contributed by atoms with van der Waals surface area (Å²) in [6, 6.07) is 15.3. The fourth-order valence-electron chi connectivity index (χ4n) is 1.47. The van der Waals surface area contributed by atoms with Crippen LogP contribution in [0.2, 0.25) is 0 Å². The molecular weight excluding hydrogens is 230 g/mol.